The normalized spacial score (nSPS) is 11.5. The van der Waals surface area contributed by atoms with Crippen molar-refractivity contribution in [3.05, 3.63) is 101 Å². The summed E-state index contributed by atoms with van der Waals surface area (Å²) < 4.78 is 5.77. The zero-order valence-corrected chi connectivity index (χ0v) is 19.7. The first kappa shape index (κ1) is 24.3. The third-order valence-corrected chi connectivity index (χ3v) is 5.88. The van der Waals surface area contributed by atoms with Crippen LogP contribution in [0.5, 0.6) is 5.75 Å². The van der Waals surface area contributed by atoms with Gasteiger partial charge in [0.2, 0.25) is 5.91 Å². The van der Waals surface area contributed by atoms with Gasteiger partial charge in [0.05, 0.1) is 0 Å². The summed E-state index contributed by atoms with van der Waals surface area (Å²) in [5.74, 6) is 0.0726. The Morgan fingerprint density at radius 2 is 1.61 bits per heavy atom. The Balaban J connectivity index is 1.86. The average molecular weight is 465 g/mol. The van der Waals surface area contributed by atoms with E-state index in [1.54, 1.807) is 18.0 Å². The van der Waals surface area contributed by atoms with Crippen molar-refractivity contribution in [3.63, 3.8) is 0 Å². The fourth-order valence-electron chi connectivity index (χ4n) is 3.58. The number of hydrogen-bond donors (Lipinski definition) is 1. The van der Waals surface area contributed by atoms with E-state index in [4.69, 9.17) is 16.3 Å². The van der Waals surface area contributed by atoms with Gasteiger partial charge < -0.3 is 15.0 Å². The lowest BCUT2D eigenvalue weighted by molar-refractivity contribution is -0.142. The molecular formula is C27H29ClN2O3. The Labute approximate surface area is 200 Å². The summed E-state index contributed by atoms with van der Waals surface area (Å²) in [6.07, 6.45) is 1.31. The Kier molecular flexibility index (Phi) is 8.90. The van der Waals surface area contributed by atoms with E-state index in [9.17, 15) is 9.59 Å². The van der Waals surface area contributed by atoms with Crippen molar-refractivity contribution in [2.24, 2.45) is 0 Å². The van der Waals surface area contributed by atoms with Crippen LogP contribution in [-0.2, 0) is 29.0 Å². The van der Waals surface area contributed by atoms with Gasteiger partial charge >= 0.3 is 0 Å². The summed E-state index contributed by atoms with van der Waals surface area (Å²) in [6.45, 7) is 2.09. The number of amides is 2. The molecule has 0 aliphatic heterocycles. The maximum atomic E-state index is 13.4. The predicted molar refractivity (Wildman–Crippen MR) is 131 cm³/mol. The van der Waals surface area contributed by atoms with E-state index in [0.717, 1.165) is 17.5 Å². The fourth-order valence-corrected chi connectivity index (χ4v) is 3.78. The van der Waals surface area contributed by atoms with E-state index >= 15 is 0 Å². The zero-order valence-electron chi connectivity index (χ0n) is 19.0. The van der Waals surface area contributed by atoms with Crippen LogP contribution in [0.1, 0.15) is 23.6 Å². The third kappa shape index (κ3) is 6.83. The number of benzene rings is 3. The number of rotatable bonds is 10. The molecule has 3 rings (SSSR count). The average Bonchev–Trinajstić information content (AvgIpc) is 2.86. The first-order valence-corrected chi connectivity index (χ1v) is 11.4. The summed E-state index contributed by atoms with van der Waals surface area (Å²) in [5.41, 5.74) is 2.91. The van der Waals surface area contributed by atoms with E-state index in [-0.39, 0.29) is 25.0 Å². The third-order valence-electron chi connectivity index (χ3n) is 5.51. The lowest BCUT2D eigenvalue weighted by Gasteiger charge is -2.31. The molecule has 0 fully saturated rings. The van der Waals surface area contributed by atoms with Gasteiger partial charge in [-0.2, -0.15) is 0 Å². The van der Waals surface area contributed by atoms with Crippen molar-refractivity contribution in [1.29, 1.82) is 0 Å². The van der Waals surface area contributed by atoms with Gasteiger partial charge in [0, 0.05) is 25.0 Å². The highest BCUT2D eigenvalue weighted by molar-refractivity contribution is 6.31. The molecule has 0 bridgehead atoms. The smallest absolute Gasteiger partial charge is 0.261 e. The number of halogens is 1. The number of likely N-dealkylation sites (N-methyl/N-ethyl adjacent to an activating group) is 1. The van der Waals surface area contributed by atoms with Gasteiger partial charge in [0.1, 0.15) is 11.8 Å². The first-order valence-electron chi connectivity index (χ1n) is 11.0. The minimum atomic E-state index is -0.716. The number of ether oxygens (including phenoxy) is 1. The van der Waals surface area contributed by atoms with Gasteiger partial charge in [-0.3, -0.25) is 9.59 Å². The Bertz CT molecular complexity index is 1050. The van der Waals surface area contributed by atoms with Gasteiger partial charge in [-0.25, -0.2) is 0 Å². The van der Waals surface area contributed by atoms with Crippen LogP contribution >= 0.6 is 11.6 Å². The van der Waals surface area contributed by atoms with E-state index in [1.165, 1.54) is 5.56 Å². The molecule has 0 radical (unpaired) electrons. The molecule has 2 amide bonds. The van der Waals surface area contributed by atoms with Crippen LogP contribution in [0.25, 0.3) is 0 Å². The van der Waals surface area contributed by atoms with Crippen LogP contribution in [0.2, 0.25) is 5.02 Å². The highest BCUT2D eigenvalue weighted by Crippen LogP contribution is 2.21. The second kappa shape index (κ2) is 12.1. The van der Waals surface area contributed by atoms with E-state index in [1.807, 2.05) is 72.8 Å². The van der Waals surface area contributed by atoms with Crippen LogP contribution < -0.4 is 10.1 Å². The molecule has 0 heterocycles. The molecule has 6 heteroatoms. The SMILES string of the molecule is CCc1ccc(OCC(=O)N(Cc2ccccc2Cl)[C@@H](Cc2ccccc2)C(=O)NC)cc1. The minimum absolute atomic E-state index is 0.182. The minimum Gasteiger partial charge on any atom is -0.484 e. The van der Waals surface area contributed by atoms with Gasteiger partial charge in [0.15, 0.2) is 6.61 Å². The molecule has 0 spiro atoms. The summed E-state index contributed by atoms with van der Waals surface area (Å²) in [7, 11) is 1.57. The molecule has 0 aliphatic carbocycles. The highest BCUT2D eigenvalue weighted by atomic mass is 35.5. The summed E-state index contributed by atoms with van der Waals surface area (Å²) in [4.78, 5) is 27.8. The van der Waals surface area contributed by atoms with E-state index in [2.05, 4.69) is 12.2 Å². The Morgan fingerprint density at radius 3 is 2.24 bits per heavy atom. The van der Waals surface area contributed by atoms with Crippen molar-refractivity contribution in [1.82, 2.24) is 10.2 Å². The Hall–Kier alpha value is -3.31. The molecule has 33 heavy (non-hydrogen) atoms. The molecule has 1 N–H and O–H groups in total. The van der Waals surface area contributed by atoms with Crippen LogP contribution in [0.4, 0.5) is 0 Å². The lowest BCUT2D eigenvalue weighted by atomic mass is 10.0. The summed E-state index contributed by atoms with van der Waals surface area (Å²) in [6, 6.07) is 23.9. The van der Waals surface area contributed by atoms with Crippen molar-refractivity contribution < 1.29 is 14.3 Å². The number of carbonyl (C=O) groups excluding carboxylic acids is 2. The molecule has 0 saturated carbocycles. The molecule has 0 aliphatic rings. The second-order valence-corrected chi connectivity index (χ2v) is 8.13. The van der Waals surface area contributed by atoms with Gasteiger partial charge in [-0.05, 0) is 41.3 Å². The van der Waals surface area contributed by atoms with Crippen LogP contribution in [0, 0.1) is 0 Å². The first-order chi connectivity index (χ1) is 16.0. The molecule has 3 aromatic rings. The summed E-state index contributed by atoms with van der Waals surface area (Å²) >= 11 is 6.38. The molecule has 3 aromatic carbocycles. The molecule has 0 saturated heterocycles. The monoisotopic (exact) mass is 464 g/mol. The number of aryl methyl sites for hydroxylation is 1. The largest absolute Gasteiger partial charge is 0.484 e. The van der Waals surface area contributed by atoms with Crippen LogP contribution in [-0.4, -0.2) is 36.4 Å². The molecule has 5 nitrogen and oxygen atoms in total. The fraction of sp³-hybridized carbons (Fsp3) is 0.259. The van der Waals surface area contributed by atoms with Crippen molar-refractivity contribution in [3.8, 4) is 5.75 Å². The van der Waals surface area contributed by atoms with Crippen LogP contribution in [0.3, 0.4) is 0 Å². The number of nitrogens with one attached hydrogen (secondary N) is 1. The van der Waals surface area contributed by atoms with Gasteiger partial charge in [-0.15, -0.1) is 0 Å². The number of hydrogen-bond acceptors (Lipinski definition) is 3. The lowest BCUT2D eigenvalue weighted by Crippen LogP contribution is -2.51. The number of carbonyl (C=O) groups is 2. The maximum Gasteiger partial charge on any atom is 0.261 e. The van der Waals surface area contributed by atoms with Gasteiger partial charge in [0.25, 0.3) is 5.91 Å². The Morgan fingerprint density at radius 1 is 0.939 bits per heavy atom. The molecule has 0 unspecified atom stereocenters. The van der Waals surface area contributed by atoms with Crippen molar-refractivity contribution >= 4 is 23.4 Å². The van der Waals surface area contributed by atoms with Gasteiger partial charge in [-0.1, -0.05) is 79.2 Å². The standard InChI is InChI=1S/C27H29ClN2O3/c1-3-20-13-15-23(16-14-20)33-19-26(31)30(18-22-11-7-8-12-24(22)28)25(27(32)29-2)17-21-9-5-4-6-10-21/h4-16,25H,3,17-19H2,1-2H3,(H,29,32)/t25-/m0/s1. The number of nitrogens with zero attached hydrogens (tertiary/aromatic N) is 1. The predicted octanol–water partition coefficient (Wildman–Crippen LogP) is 4.67. The molecule has 0 aromatic heterocycles. The second-order valence-electron chi connectivity index (χ2n) is 7.72. The molecule has 1 atom stereocenters. The quantitative estimate of drug-likeness (QED) is 0.474. The van der Waals surface area contributed by atoms with Crippen molar-refractivity contribution in [2.45, 2.75) is 32.4 Å². The van der Waals surface area contributed by atoms with E-state index in [0.29, 0.717) is 17.2 Å². The molecule has 172 valence electrons. The maximum absolute atomic E-state index is 13.4. The van der Waals surface area contributed by atoms with Crippen LogP contribution in [0.15, 0.2) is 78.9 Å². The van der Waals surface area contributed by atoms with E-state index < -0.39 is 6.04 Å². The molecular weight excluding hydrogens is 436 g/mol. The summed E-state index contributed by atoms with van der Waals surface area (Å²) in [5, 5.41) is 3.24. The zero-order chi connectivity index (χ0) is 23.6. The highest BCUT2D eigenvalue weighted by Gasteiger charge is 2.30. The van der Waals surface area contributed by atoms with Crippen molar-refractivity contribution in [2.75, 3.05) is 13.7 Å². The topological polar surface area (TPSA) is 58.6 Å².